The molecular formula is C14H16N4O. The number of nitrogens with zero attached hydrogens (tertiary/aromatic N) is 3. The topological polar surface area (TPSA) is 58.1 Å². The molecule has 1 amide bonds. The van der Waals surface area contributed by atoms with Crippen LogP contribution in [0.25, 0.3) is 0 Å². The molecule has 2 rings (SSSR count). The van der Waals surface area contributed by atoms with Gasteiger partial charge in [-0.2, -0.15) is 0 Å². The van der Waals surface area contributed by atoms with Crippen LogP contribution < -0.4 is 10.2 Å². The lowest BCUT2D eigenvalue weighted by molar-refractivity contribution is 0.102. The molecule has 0 aliphatic carbocycles. The third-order valence-electron chi connectivity index (χ3n) is 2.58. The molecule has 0 radical (unpaired) electrons. The van der Waals surface area contributed by atoms with Crippen LogP contribution in [-0.4, -0.2) is 30.0 Å². The molecule has 0 bridgehead atoms. The molecular weight excluding hydrogens is 240 g/mol. The van der Waals surface area contributed by atoms with Crippen molar-refractivity contribution in [2.75, 3.05) is 24.3 Å². The first-order valence-electron chi connectivity index (χ1n) is 5.93. The number of rotatable bonds is 3. The molecule has 0 saturated heterocycles. The first-order chi connectivity index (χ1) is 9.06. The Kier molecular flexibility index (Phi) is 3.75. The molecule has 0 saturated carbocycles. The maximum Gasteiger partial charge on any atom is 0.255 e. The van der Waals surface area contributed by atoms with E-state index in [2.05, 4.69) is 15.3 Å². The summed E-state index contributed by atoms with van der Waals surface area (Å²) in [7, 11) is 3.72. The van der Waals surface area contributed by atoms with Crippen LogP contribution in [0.5, 0.6) is 0 Å². The van der Waals surface area contributed by atoms with E-state index in [4.69, 9.17) is 0 Å². The Bertz CT molecular complexity index is 578. The molecule has 5 heteroatoms. The van der Waals surface area contributed by atoms with Crippen molar-refractivity contribution < 1.29 is 4.79 Å². The molecule has 1 N–H and O–H groups in total. The van der Waals surface area contributed by atoms with Gasteiger partial charge in [-0.25, -0.2) is 9.97 Å². The number of carbonyl (C=O) groups is 1. The monoisotopic (exact) mass is 256 g/mol. The molecule has 2 aromatic rings. The van der Waals surface area contributed by atoms with Crippen LogP contribution in [0, 0.1) is 6.92 Å². The molecule has 19 heavy (non-hydrogen) atoms. The quantitative estimate of drug-likeness (QED) is 0.913. The number of carbonyl (C=O) groups excluding carboxylic acids is 1. The SMILES string of the molecule is Cc1cccc(C(=O)Nc2cnc(N(C)C)nc2)c1. The van der Waals surface area contributed by atoms with Crippen LogP contribution in [-0.2, 0) is 0 Å². The normalized spacial score (nSPS) is 10.1. The van der Waals surface area contributed by atoms with E-state index in [0.717, 1.165) is 5.56 Å². The number of hydrogen-bond acceptors (Lipinski definition) is 4. The number of hydrogen-bond donors (Lipinski definition) is 1. The van der Waals surface area contributed by atoms with Crippen LogP contribution in [0.2, 0.25) is 0 Å². The molecule has 98 valence electrons. The summed E-state index contributed by atoms with van der Waals surface area (Å²) in [6, 6.07) is 7.42. The van der Waals surface area contributed by atoms with Gasteiger partial charge in [0.05, 0.1) is 18.1 Å². The van der Waals surface area contributed by atoms with Crippen molar-refractivity contribution in [3.8, 4) is 0 Å². The second-order valence-corrected chi connectivity index (χ2v) is 4.49. The Balaban J connectivity index is 2.10. The number of aryl methyl sites for hydroxylation is 1. The smallest absolute Gasteiger partial charge is 0.255 e. The van der Waals surface area contributed by atoms with Crippen LogP contribution >= 0.6 is 0 Å². The summed E-state index contributed by atoms with van der Waals surface area (Å²) < 4.78 is 0. The second-order valence-electron chi connectivity index (χ2n) is 4.49. The molecule has 0 spiro atoms. The van der Waals surface area contributed by atoms with Gasteiger partial charge in [-0.1, -0.05) is 17.7 Å². The Hall–Kier alpha value is -2.43. The summed E-state index contributed by atoms with van der Waals surface area (Å²) in [6.45, 7) is 1.95. The molecule has 1 heterocycles. The van der Waals surface area contributed by atoms with Crippen molar-refractivity contribution in [1.82, 2.24) is 9.97 Å². The fourth-order valence-corrected chi connectivity index (χ4v) is 1.61. The van der Waals surface area contributed by atoms with Gasteiger partial charge in [-0.15, -0.1) is 0 Å². The van der Waals surface area contributed by atoms with Crippen molar-refractivity contribution in [2.45, 2.75) is 6.92 Å². The third-order valence-corrected chi connectivity index (χ3v) is 2.58. The summed E-state index contributed by atoms with van der Waals surface area (Å²) in [5, 5.41) is 2.77. The van der Waals surface area contributed by atoms with Gasteiger partial charge in [-0.3, -0.25) is 4.79 Å². The third kappa shape index (κ3) is 3.28. The Morgan fingerprint density at radius 1 is 1.21 bits per heavy atom. The molecule has 1 aromatic heterocycles. The molecule has 0 unspecified atom stereocenters. The van der Waals surface area contributed by atoms with Gasteiger partial charge >= 0.3 is 0 Å². The number of aromatic nitrogens is 2. The van der Waals surface area contributed by atoms with E-state index in [-0.39, 0.29) is 5.91 Å². The molecule has 0 aliphatic heterocycles. The first-order valence-corrected chi connectivity index (χ1v) is 5.93. The molecule has 0 fully saturated rings. The van der Waals surface area contributed by atoms with Crippen molar-refractivity contribution in [2.24, 2.45) is 0 Å². The molecule has 5 nitrogen and oxygen atoms in total. The Morgan fingerprint density at radius 3 is 2.47 bits per heavy atom. The maximum absolute atomic E-state index is 12.0. The number of amides is 1. The van der Waals surface area contributed by atoms with E-state index < -0.39 is 0 Å². The van der Waals surface area contributed by atoms with Crippen LogP contribution in [0.3, 0.4) is 0 Å². The highest BCUT2D eigenvalue weighted by Gasteiger charge is 2.07. The Labute approximate surface area is 112 Å². The van der Waals surface area contributed by atoms with Gasteiger partial charge in [0.15, 0.2) is 0 Å². The van der Waals surface area contributed by atoms with E-state index in [1.807, 2.05) is 39.2 Å². The van der Waals surface area contributed by atoms with Crippen LogP contribution in [0.15, 0.2) is 36.7 Å². The lowest BCUT2D eigenvalue weighted by atomic mass is 10.1. The highest BCUT2D eigenvalue weighted by Crippen LogP contribution is 2.10. The van der Waals surface area contributed by atoms with Gasteiger partial charge in [0.1, 0.15) is 0 Å². The zero-order valence-corrected chi connectivity index (χ0v) is 11.2. The fourth-order valence-electron chi connectivity index (χ4n) is 1.61. The van der Waals surface area contributed by atoms with Gasteiger partial charge in [0, 0.05) is 19.7 Å². The molecule has 1 aromatic carbocycles. The van der Waals surface area contributed by atoms with E-state index in [1.165, 1.54) is 0 Å². The summed E-state index contributed by atoms with van der Waals surface area (Å²) in [5.74, 6) is 0.443. The van der Waals surface area contributed by atoms with Gasteiger partial charge < -0.3 is 10.2 Å². The van der Waals surface area contributed by atoms with Gasteiger partial charge in [0.25, 0.3) is 5.91 Å². The van der Waals surface area contributed by atoms with Gasteiger partial charge in [0.2, 0.25) is 5.95 Å². The highest BCUT2D eigenvalue weighted by molar-refractivity contribution is 6.04. The lowest BCUT2D eigenvalue weighted by Crippen LogP contribution is -2.15. The molecule has 0 aliphatic rings. The van der Waals surface area contributed by atoms with Crippen LogP contribution in [0.1, 0.15) is 15.9 Å². The summed E-state index contributed by atoms with van der Waals surface area (Å²) in [6.07, 6.45) is 3.19. The first kappa shape index (κ1) is 13.0. The van der Waals surface area contributed by atoms with E-state index >= 15 is 0 Å². The average molecular weight is 256 g/mol. The van der Waals surface area contributed by atoms with Crippen molar-refractivity contribution in [1.29, 1.82) is 0 Å². The van der Waals surface area contributed by atoms with Crippen molar-refractivity contribution >= 4 is 17.5 Å². The van der Waals surface area contributed by atoms with E-state index in [9.17, 15) is 4.79 Å². The zero-order chi connectivity index (χ0) is 13.8. The van der Waals surface area contributed by atoms with E-state index in [1.54, 1.807) is 23.4 Å². The molecule has 0 atom stereocenters. The standard InChI is InChI=1S/C14H16N4O/c1-10-5-4-6-11(7-10)13(19)17-12-8-15-14(16-9-12)18(2)3/h4-9H,1-3H3,(H,17,19). The summed E-state index contributed by atoms with van der Waals surface area (Å²) >= 11 is 0. The largest absolute Gasteiger partial charge is 0.347 e. The minimum atomic E-state index is -0.162. The van der Waals surface area contributed by atoms with Crippen molar-refractivity contribution in [3.05, 3.63) is 47.8 Å². The number of nitrogens with one attached hydrogen (secondary N) is 1. The zero-order valence-electron chi connectivity index (χ0n) is 11.2. The Morgan fingerprint density at radius 2 is 1.89 bits per heavy atom. The average Bonchev–Trinajstić information content (AvgIpc) is 2.39. The lowest BCUT2D eigenvalue weighted by Gasteiger charge is -2.10. The van der Waals surface area contributed by atoms with Crippen LogP contribution in [0.4, 0.5) is 11.6 Å². The van der Waals surface area contributed by atoms with Crippen molar-refractivity contribution in [3.63, 3.8) is 0 Å². The summed E-state index contributed by atoms with van der Waals surface area (Å²) in [4.78, 5) is 22.1. The minimum absolute atomic E-state index is 0.162. The second kappa shape index (κ2) is 5.48. The maximum atomic E-state index is 12.0. The van der Waals surface area contributed by atoms with Gasteiger partial charge in [-0.05, 0) is 19.1 Å². The highest BCUT2D eigenvalue weighted by atomic mass is 16.1. The van der Waals surface area contributed by atoms with E-state index in [0.29, 0.717) is 17.2 Å². The minimum Gasteiger partial charge on any atom is -0.347 e. The summed E-state index contributed by atoms with van der Waals surface area (Å²) in [5.41, 5.74) is 2.25. The number of anilines is 2. The number of benzene rings is 1. The fraction of sp³-hybridized carbons (Fsp3) is 0.214. The predicted octanol–water partition coefficient (Wildman–Crippen LogP) is 2.10. The predicted molar refractivity (Wildman–Crippen MR) is 75.5 cm³/mol.